The zero-order valence-corrected chi connectivity index (χ0v) is 16.0. The number of esters is 1. The predicted octanol–water partition coefficient (Wildman–Crippen LogP) is 1.22. The van der Waals surface area contributed by atoms with E-state index in [9.17, 15) is 18.0 Å². The van der Waals surface area contributed by atoms with Crippen molar-refractivity contribution in [3.05, 3.63) is 23.8 Å². The molecular weight excluding hydrogens is 366 g/mol. The number of carbonyl (C=O) groups is 2. The summed E-state index contributed by atoms with van der Waals surface area (Å²) < 4.78 is 33.3. The van der Waals surface area contributed by atoms with Crippen LogP contribution in [0.3, 0.4) is 0 Å². The maximum absolute atomic E-state index is 12.2. The van der Waals surface area contributed by atoms with Gasteiger partial charge < -0.3 is 14.4 Å². The summed E-state index contributed by atoms with van der Waals surface area (Å²) in [5.41, 5.74) is 0.235. The van der Waals surface area contributed by atoms with Crippen LogP contribution >= 0.6 is 11.8 Å². The molecule has 0 N–H and O–H groups in total. The number of thioether (sulfide) groups is 1. The smallest absolute Gasteiger partial charge is 0.342 e. The Morgan fingerprint density at radius 2 is 2.08 bits per heavy atom. The standard InChI is InChI=1S/C16H21NO6S2/c1-17(11-6-7-25(20,21)10-11)15(18)9-23-16(19)13-5-4-12(24-3)8-14(13)22-2/h4-5,8,11H,6-7,9-10H2,1-3H3. The molecule has 1 amide bonds. The molecule has 0 radical (unpaired) electrons. The highest BCUT2D eigenvalue weighted by atomic mass is 32.2. The Kier molecular flexibility index (Phi) is 6.34. The van der Waals surface area contributed by atoms with Crippen molar-refractivity contribution in [2.24, 2.45) is 0 Å². The quantitative estimate of drug-likeness (QED) is 0.535. The van der Waals surface area contributed by atoms with Crippen LogP contribution in [0.1, 0.15) is 16.8 Å². The van der Waals surface area contributed by atoms with Crippen molar-refractivity contribution in [3.8, 4) is 5.75 Å². The van der Waals surface area contributed by atoms with Crippen molar-refractivity contribution in [2.45, 2.75) is 17.4 Å². The van der Waals surface area contributed by atoms with Crippen molar-refractivity contribution in [2.75, 3.05) is 38.5 Å². The monoisotopic (exact) mass is 387 g/mol. The fourth-order valence-electron chi connectivity index (χ4n) is 2.56. The Hall–Kier alpha value is -1.74. The minimum atomic E-state index is -3.08. The molecule has 1 aromatic rings. The third kappa shape index (κ3) is 4.88. The predicted molar refractivity (Wildman–Crippen MR) is 94.9 cm³/mol. The zero-order chi connectivity index (χ0) is 18.6. The number of ether oxygens (including phenoxy) is 2. The summed E-state index contributed by atoms with van der Waals surface area (Å²) in [5.74, 6) is -0.693. The lowest BCUT2D eigenvalue weighted by Crippen LogP contribution is -2.40. The van der Waals surface area contributed by atoms with E-state index in [1.165, 1.54) is 30.8 Å². The number of likely N-dealkylation sites (N-methyl/N-ethyl adjacent to an activating group) is 1. The number of methoxy groups -OCH3 is 1. The first-order valence-corrected chi connectivity index (χ1v) is 10.7. The highest BCUT2D eigenvalue weighted by molar-refractivity contribution is 7.98. The number of carbonyl (C=O) groups excluding carboxylic acids is 2. The second kappa shape index (κ2) is 8.09. The number of rotatable bonds is 6. The van der Waals surface area contributed by atoms with Gasteiger partial charge in [0, 0.05) is 18.0 Å². The van der Waals surface area contributed by atoms with E-state index in [0.717, 1.165) is 4.90 Å². The van der Waals surface area contributed by atoms with Gasteiger partial charge >= 0.3 is 5.97 Å². The van der Waals surface area contributed by atoms with E-state index in [2.05, 4.69) is 0 Å². The van der Waals surface area contributed by atoms with Gasteiger partial charge in [-0.25, -0.2) is 13.2 Å². The first-order chi connectivity index (χ1) is 11.8. The average molecular weight is 387 g/mol. The number of amides is 1. The molecular formula is C16H21NO6S2. The first-order valence-electron chi connectivity index (χ1n) is 7.62. The van der Waals surface area contributed by atoms with Gasteiger partial charge in [-0.1, -0.05) is 0 Å². The van der Waals surface area contributed by atoms with Crippen LogP contribution in [-0.2, 0) is 19.4 Å². The Morgan fingerprint density at radius 1 is 1.36 bits per heavy atom. The van der Waals surface area contributed by atoms with Crippen LogP contribution in [0.15, 0.2) is 23.1 Å². The molecule has 138 valence electrons. The summed E-state index contributed by atoms with van der Waals surface area (Å²) in [4.78, 5) is 26.6. The largest absolute Gasteiger partial charge is 0.496 e. The molecule has 0 spiro atoms. The zero-order valence-electron chi connectivity index (χ0n) is 14.4. The molecule has 9 heteroatoms. The van der Waals surface area contributed by atoms with Crippen molar-refractivity contribution >= 4 is 33.5 Å². The molecule has 25 heavy (non-hydrogen) atoms. The third-order valence-corrected chi connectivity index (χ3v) is 6.58. The molecule has 2 rings (SSSR count). The van der Waals surface area contributed by atoms with E-state index in [1.54, 1.807) is 18.2 Å². The first kappa shape index (κ1) is 19.6. The highest BCUT2D eigenvalue weighted by Gasteiger charge is 2.33. The molecule has 0 aromatic heterocycles. The van der Waals surface area contributed by atoms with Gasteiger partial charge in [-0.2, -0.15) is 0 Å². The summed E-state index contributed by atoms with van der Waals surface area (Å²) in [6.45, 7) is -0.445. The number of nitrogens with zero attached hydrogens (tertiary/aromatic N) is 1. The van der Waals surface area contributed by atoms with Gasteiger partial charge in [-0.15, -0.1) is 11.8 Å². The summed E-state index contributed by atoms with van der Waals surface area (Å²) in [7, 11) is -0.107. The fourth-order valence-corrected chi connectivity index (χ4v) is 4.76. The summed E-state index contributed by atoms with van der Waals surface area (Å²) in [6, 6.07) is 4.70. The van der Waals surface area contributed by atoms with Gasteiger partial charge in [0.15, 0.2) is 16.4 Å². The fraction of sp³-hybridized carbons (Fsp3) is 0.500. The average Bonchev–Trinajstić information content (AvgIpc) is 2.97. The minimum Gasteiger partial charge on any atom is -0.496 e. The normalized spacial score (nSPS) is 18.6. The van der Waals surface area contributed by atoms with Gasteiger partial charge in [0.1, 0.15) is 11.3 Å². The van der Waals surface area contributed by atoms with Crippen LogP contribution < -0.4 is 4.74 Å². The van der Waals surface area contributed by atoms with E-state index in [0.29, 0.717) is 12.2 Å². The second-order valence-corrected chi connectivity index (χ2v) is 8.81. The van der Waals surface area contributed by atoms with E-state index in [1.807, 2.05) is 6.26 Å². The van der Waals surface area contributed by atoms with Gasteiger partial charge in [0.2, 0.25) is 0 Å². The molecule has 1 unspecified atom stereocenters. The lowest BCUT2D eigenvalue weighted by Gasteiger charge is -2.23. The molecule has 0 saturated carbocycles. The Bertz CT molecular complexity index is 762. The van der Waals surface area contributed by atoms with Crippen molar-refractivity contribution in [3.63, 3.8) is 0 Å². The molecule has 0 bridgehead atoms. The van der Waals surface area contributed by atoms with E-state index in [-0.39, 0.29) is 23.1 Å². The van der Waals surface area contributed by atoms with Crippen molar-refractivity contribution in [1.82, 2.24) is 4.90 Å². The van der Waals surface area contributed by atoms with E-state index in [4.69, 9.17) is 9.47 Å². The summed E-state index contributed by atoms with van der Waals surface area (Å²) in [6.07, 6.45) is 2.31. The van der Waals surface area contributed by atoms with Crippen molar-refractivity contribution in [1.29, 1.82) is 0 Å². The van der Waals surface area contributed by atoms with Crippen molar-refractivity contribution < 1.29 is 27.5 Å². The lowest BCUT2D eigenvalue weighted by molar-refractivity contribution is -0.134. The van der Waals surface area contributed by atoms with Crippen LogP contribution in [-0.4, -0.2) is 69.8 Å². The molecule has 1 aliphatic heterocycles. The third-order valence-electron chi connectivity index (χ3n) is 4.10. The Balaban J connectivity index is 1.96. The van der Waals surface area contributed by atoms with E-state index >= 15 is 0 Å². The van der Waals surface area contributed by atoms with Crippen LogP contribution in [0.4, 0.5) is 0 Å². The minimum absolute atomic E-state index is 0.0485. The molecule has 0 aliphatic carbocycles. The molecule has 1 heterocycles. The van der Waals surface area contributed by atoms with Crippen LogP contribution in [0.2, 0.25) is 0 Å². The summed E-state index contributed by atoms with van der Waals surface area (Å²) >= 11 is 1.51. The Morgan fingerprint density at radius 3 is 2.64 bits per heavy atom. The molecule has 7 nitrogen and oxygen atoms in total. The van der Waals surface area contributed by atoms with Gasteiger partial charge in [0.05, 0.1) is 18.6 Å². The van der Waals surface area contributed by atoms with Gasteiger partial charge in [-0.05, 0) is 30.9 Å². The van der Waals surface area contributed by atoms with E-state index < -0.39 is 28.3 Å². The van der Waals surface area contributed by atoms with Gasteiger partial charge in [0.25, 0.3) is 5.91 Å². The lowest BCUT2D eigenvalue weighted by atomic mass is 10.2. The maximum Gasteiger partial charge on any atom is 0.342 e. The van der Waals surface area contributed by atoms with Crippen LogP contribution in [0.5, 0.6) is 5.75 Å². The molecule has 1 aromatic carbocycles. The molecule has 1 atom stereocenters. The second-order valence-electron chi connectivity index (χ2n) is 5.70. The maximum atomic E-state index is 12.2. The molecule has 1 fully saturated rings. The Labute approximate surface area is 151 Å². The topological polar surface area (TPSA) is 90.0 Å². The number of hydrogen-bond donors (Lipinski definition) is 0. The molecule has 1 aliphatic rings. The van der Waals surface area contributed by atoms with Crippen LogP contribution in [0, 0.1) is 0 Å². The number of benzene rings is 1. The van der Waals surface area contributed by atoms with Crippen LogP contribution in [0.25, 0.3) is 0 Å². The SMILES string of the molecule is COc1cc(SC)ccc1C(=O)OCC(=O)N(C)C1CCS(=O)(=O)C1. The molecule has 1 saturated heterocycles. The summed E-state index contributed by atoms with van der Waals surface area (Å²) in [5, 5.41) is 0. The number of sulfone groups is 1. The highest BCUT2D eigenvalue weighted by Crippen LogP contribution is 2.26. The number of hydrogen-bond acceptors (Lipinski definition) is 7. The van der Waals surface area contributed by atoms with Gasteiger partial charge in [-0.3, -0.25) is 4.79 Å².